The van der Waals surface area contributed by atoms with Crippen LogP contribution < -0.4 is 10.6 Å². The normalized spacial score (nSPS) is 20.0. The average Bonchev–Trinajstić information content (AvgIpc) is 3.21. The summed E-state index contributed by atoms with van der Waals surface area (Å²) in [5, 5.41) is 21.8. The third-order valence-corrected chi connectivity index (χ3v) is 4.70. The minimum atomic E-state index is -0.407. The lowest BCUT2D eigenvalue weighted by Gasteiger charge is -2.29. The number of aromatic nitrogens is 4. The maximum absolute atomic E-state index is 10.5. The molecule has 1 saturated heterocycles. The van der Waals surface area contributed by atoms with Gasteiger partial charge in [-0.15, -0.1) is 0 Å². The topological polar surface area (TPSA) is 83.2 Å². The first-order chi connectivity index (χ1) is 11.8. The molecule has 130 valence electrons. The molecule has 8 nitrogen and oxygen atoms in total. The first kappa shape index (κ1) is 15.8. The molecule has 8 heteroatoms. The number of fused-ring (bicyclic) bond motifs is 1. The van der Waals surface area contributed by atoms with Crippen LogP contribution in [0.5, 0.6) is 0 Å². The fourth-order valence-corrected chi connectivity index (χ4v) is 3.47. The molecule has 0 amide bonds. The number of nitrogens with zero attached hydrogens (tertiary/aromatic N) is 5. The SMILES string of the molecule is OC(CN1CCNCC1)Cn1ccnc1-c1cc2n(n1)CCNC2. The maximum Gasteiger partial charge on any atom is 0.160 e. The molecule has 4 heterocycles. The van der Waals surface area contributed by atoms with Gasteiger partial charge in [0.25, 0.3) is 0 Å². The summed E-state index contributed by atoms with van der Waals surface area (Å²) in [6, 6.07) is 2.09. The second-order valence-electron chi connectivity index (χ2n) is 6.53. The number of imidazole rings is 1. The smallest absolute Gasteiger partial charge is 0.160 e. The van der Waals surface area contributed by atoms with Gasteiger partial charge in [0.1, 0.15) is 5.69 Å². The highest BCUT2D eigenvalue weighted by Crippen LogP contribution is 2.19. The lowest BCUT2D eigenvalue weighted by Crippen LogP contribution is -2.46. The van der Waals surface area contributed by atoms with Gasteiger partial charge in [0.05, 0.1) is 24.9 Å². The van der Waals surface area contributed by atoms with Gasteiger partial charge in [0.15, 0.2) is 5.82 Å². The Kier molecular flexibility index (Phi) is 4.61. The van der Waals surface area contributed by atoms with E-state index in [-0.39, 0.29) is 0 Å². The summed E-state index contributed by atoms with van der Waals surface area (Å²) >= 11 is 0. The van der Waals surface area contributed by atoms with Crippen LogP contribution in [0, 0.1) is 0 Å². The van der Waals surface area contributed by atoms with E-state index in [1.54, 1.807) is 6.20 Å². The van der Waals surface area contributed by atoms with Crippen molar-refractivity contribution in [2.75, 3.05) is 39.3 Å². The molecule has 2 aliphatic rings. The maximum atomic E-state index is 10.5. The van der Waals surface area contributed by atoms with E-state index in [1.165, 1.54) is 5.69 Å². The molecule has 24 heavy (non-hydrogen) atoms. The van der Waals surface area contributed by atoms with Gasteiger partial charge in [0, 0.05) is 58.2 Å². The molecule has 0 bridgehead atoms. The number of rotatable bonds is 5. The first-order valence-electron chi connectivity index (χ1n) is 8.70. The van der Waals surface area contributed by atoms with Gasteiger partial charge in [0.2, 0.25) is 0 Å². The van der Waals surface area contributed by atoms with Gasteiger partial charge in [-0.3, -0.25) is 9.58 Å². The van der Waals surface area contributed by atoms with Gasteiger partial charge in [-0.05, 0) is 6.07 Å². The van der Waals surface area contributed by atoms with Gasteiger partial charge < -0.3 is 20.3 Å². The molecule has 2 aromatic rings. The molecule has 1 atom stereocenters. The van der Waals surface area contributed by atoms with Crippen LogP contribution in [0.15, 0.2) is 18.5 Å². The molecular weight excluding hydrogens is 306 g/mol. The zero-order chi connectivity index (χ0) is 16.4. The Balaban J connectivity index is 1.45. The zero-order valence-corrected chi connectivity index (χ0v) is 13.9. The molecule has 0 radical (unpaired) electrons. The molecule has 2 aromatic heterocycles. The summed E-state index contributed by atoms with van der Waals surface area (Å²) < 4.78 is 4.05. The van der Waals surface area contributed by atoms with Gasteiger partial charge in [-0.1, -0.05) is 0 Å². The number of aliphatic hydroxyl groups excluding tert-OH is 1. The van der Waals surface area contributed by atoms with Crippen molar-refractivity contribution in [2.45, 2.75) is 25.7 Å². The van der Waals surface area contributed by atoms with Crippen LogP contribution in [0.4, 0.5) is 0 Å². The van der Waals surface area contributed by atoms with Crippen molar-refractivity contribution in [1.82, 2.24) is 34.9 Å². The van der Waals surface area contributed by atoms with Crippen molar-refractivity contribution in [3.8, 4) is 11.5 Å². The standard InChI is InChI=1S/C16H25N7O/c24-14(11-21-5-1-17-2-6-21)12-22-7-4-19-16(22)15-9-13-10-18-3-8-23(13)20-15/h4,7,9,14,17-18,24H,1-3,5-6,8,10-12H2. The van der Waals surface area contributed by atoms with E-state index in [2.05, 4.69) is 31.7 Å². The van der Waals surface area contributed by atoms with Crippen LogP contribution in [0.3, 0.4) is 0 Å². The Bertz CT molecular complexity index is 650. The predicted octanol–water partition coefficient (Wildman–Crippen LogP) is -0.884. The zero-order valence-electron chi connectivity index (χ0n) is 13.9. The molecule has 3 N–H and O–H groups in total. The molecule has 1 fully saturated rings. The van der Waals surface area contributed by atoms with Crippen LogP contribution in [-0.2, 0) is 19.6 Å². The Morgan fingerprint density at radius 2 is 1.96 bits per heavy atom. The summed E-state index contributed by atoms with van der Waals surface area (Å²) in [6.07, 6.45) is 3.30. The van der Waals surface area contributed by atoms with E-state index in [0.29, 0.717) is 13.1 Å². The molecule has 1 unspecified atom stereocenters. The lowest BCUT2D eigenvalue weighted by molar-refractivity contribution is 0.0921. The number of aliphatic hydroxyl groups is 1. The van der Waals surface area contributed by atoms with Gasteiger partial charge in [-0.2, -0.15) is 5.10 Å². The van der Waals surface area contributed by atoms with E-state index in [9.17, 15) is 5.11 Å². The van der Waals surface area contributed by atoms with Crippen LogP contribution in [-0.4, -0.2) is 74.7 Å². The second-order valence-corrected chi connectivity index (χ2v) is 6.53. The number of hydrogen-bond acceptors (Lipinski definition) is 6. The molecule has 0 spiro atoms. The summed E-state index contributed by atoms with van der Waals surface area (Å²) in [4.78, 5) is 6.77. The van der Waals surface area contributed by atoms with Crippen molar-refractivity contribution in [3.05, 3.63) is 24.2 Å². The highest BCUT2D eigenvalue weighted by molar-refractivity contribution is 5.50. The fraction of sp³-hybridized carbons (Fsp3) is 0.625. The van der Waals surface area contributed by atoms with E-state index in [1.807, 2.05) is 15.4 Å². The van der Waals surface area contributed by atoms with E-state index in [0.717, 1.165) is 57.3 Å². The Morgan fingerprint density at radius 3 is 2.79 bits per heavy atom. The predicted molar refractivity (Wildman–Crippen MR) is 90.5 cm³/mol. The van der Waals surface area contributed by atoms with Crippen LogP contribution in [0.1, 0.15) is 5.69 Å². The Morgan fingerprint density at radius 1 is 1.12 bits per heavy atom. The van der Waals surface area contributed by atoms with Crippen molar-refractivity contribution in [1.29, 1.82) is 0 Å². The monoisotopic (exact) mass is 331 g/mol. The minimum absolute atomic E-state index is 0.407. The average molecular weight is 331 g/mol. The second kappa shape index (κ2) is 7.02. The van der Waals surface area contributed by atoms with Gasteiger partial charge in [-0.25, -0.2) is 4.98 Å². The quantitative estimate of drug-likeness (QED) is 0.660. The summed E-state index contributed by atoms with van der Waals surface area (Å²) in [5.74, 6) is 0.830. The highest BCUT2D eigenvalue weighted by Gasteiger charge is 2.19. The number of piperazine rings is 1. The molecule has 2 aliphatic heterocycles. The highest BCUT2D eigenvalue weighted by atomic mass is 16.3. The molecule has 0 saturated carbocycles. The third kappa shape index (κ3) is 3.36. The Hall–Kier alpha value is -1.74. The summed E-state index contributed by atoms with van der Waals surface area (Å²) in [7, 11) is 0. The van der Waals surface area contributed by atoms with Crippen molar-refractivity contribution in [3.63, 3.8) is 0 Å². The van der Waals surface area contributed by atoms with Crippen LogP contribution >= 0.6 is 0 Å². The lowest BCUT2D eigenvalue weighted by atomic mass is 10.2. The summed E-state index contributed by atoms with van der Waals surface area (Å²) in [6.45, 7) is 7.91. The first-order valence-corrected chi connectivity index (χ1v) is 8.70. The minimum Gasteiger partial charge on any atom is -0.390 e. The number of hydrogen-bond donors (Lipinski definition) is 3. The Labute approximate surface area is 141 Å². The van der Waals surface area contributed by atoms with E-state index in [4.69, 9.17) is 0 Å². The largest absolute Gasteiger partial charge is 0.390 e. The van der Waals surface area contributed by atoms with Crippen molar-refractivity contribution in [2.24, 2.45) is 0 Å². The van der Waals surface area contributed by atoms with E-state index >= 15 is 0 Å². The fourth-order valence-electron chi connectivity index (χ4n) is 3.47. The van der Waals surface area contributed by atoms with Crippen LogP contribution in [0.2, 0.25) is 0 Å². The van der Waals surface area contributed by atoms with E-state index < -0.39 is 6.10 Å². The molecule has 4 rings (SSSR count). The number of nitrogens with one attached hydrogen (secondary N) is 2. The van der Waals surface area contributed by atoms with Gasteiger partial charge >= 0.3 is 0 Å². The summed E-state index contributed by atoms with van der Waals surface area (Å²) in [5.41, 5.74) is 2.07. The number of β-amino-alcohol motifs (C(OH)–C–C–N with tert-alkyl or cyclic N) is 1. The van der Waals surface area contributed by atoms with Crippen molar-refractivity contribution >= 4 is 0 Å². The molecule has 0 aromatic carbocycles. The van der Waals surface area contributed by atoms with Crippen molar-refractivity contribution < 1.29 is 5.11 Å². The molecule has 0 aliphatic carbocycles. The molecular formula is C16H25N7O. The van der Waals surface area contributed by atoms with Crippen LogP contribution in [0.25, 0.3) is 11.5 Å². The third-order valence-electron chi connectivity index (χ3n) is 4.70.